The summed E-state index contributed by atoms with van der Waals surface area (Å²) in [6, 6.07) is 27.5. The number of fused-ring (bicyclic) bond motifs is 1. The Balaban J connectivity index is 1.36. The van der Waals surface area contributed by atoms with E-state index >= 15 is 0 Å². The zero-order valence-corrected chi connectivity index (χ0v) is 23.5. The third-order valence-corrected chi connectivity index (χ3v) is 7.98. The summed E-state index contributed by atoms with van der Waals surface area (Å²) in [5.74, 6) is 0.108. The summed E-state index contributed by atoms with van der Waals surface area (Å²) in [6.07, 6.45) is 1.36. The number of rotatable bonds is 7. The summed E-state index contributed by atoms with van der Waals surface area (Å²) in [7, 11) is 0. The highest BCUT2D eigenvalue weighted by Crippen LogP contribution is 2.27. The summed E-state index contributed by atoms with van der Waals surface area (Å²) in [6.45, 7) is 3.93. The molecule has 8 heteroatoms. The van der Waals surface area contributed by atoms with Crippen molar-refractivity contribution in [3.63, 3.8) is 0 Å². The number of aromatic nitrogens is 1. The Morgan fingerprint density at radius 1 is 0.950 bits per heavy atom. The van der Waals surface area contributed by atoms with Crippen molar-refractivity contribution in [3.05, 3.63) is 134 Å². The first kappa shape index (κ1) is 27.2. The average Bonchev–Trinajstić information content (AvgIpc) is 2.96. The number of halogens is 1. The van der Waals surface area contributed by atoms with Crippen LogP contribution < -0.4 is 11.0 Å². The van der Waals surface area contributed by atoms with Crippen molar-refractivity contribution in [3.8, 4) is 11.6 Å². The van der Waals surface area contributed by atoms with Crippen LogP contribution >= 0.6 is 23.4 Å². The van der Waals surface area contributed by atoms with E-state index in [1.807, 2.05) is 62.4 Å². The molecule has 0 aliphatic rings. The minimum atomic E-state index is -0.389. The van der Waals surface area contributed by atoms with E-state index in [2.05, 4.69) is 10.5 Å². The van der Waals surface area contributed by atoms with Crippen LogP contribution in [-0.2, 0) is 5.75 Å². The quantitative estimate of drug-likeness (QED) is 0.126. The van der Waals surface area contributed by atoms with Crippen LogP contribution in [0.15, 0.2) is 106 Å². The highest BCUT2D eigenvalue weighted by Gasteiger charge is 2.17. The predicted octanol–water partition coefficient (Wildman–Crippen LogP) is 7.02. The third kappa shape index (κ3) is 5.81. The van der Waals surface area contributed by atoms with Gasteiger partial charge in [0.25, 0.3) is 11.5 Å². The number of carbonyl (C=O) groups is 1. The van der Waals surface area contributed by atoms with Crippen molar-refractivity contribution in [1.82, 2.24) is 9.99 Å². The summed E-state index contributed by atoms with van der Waals surface area (Å²) in [5.41, 5.74) is 6.65. The number of hydrazone groups is 1. The number of nitrogens with one attached hydrogen (secondary N) is 1. The number of hydrogen-bond acceptors (Lipinski definition) is 5. The van der Waals surface area contributed by atoms with E-state index in [0.717, 1.165) is 27.3 Å². The molecule has 0 unspecified atom stereocenters. The molecule has 5 rings (SSSR count). The molecule has 1 heterocycles. The number of amides is 1. The molecule has 1 aromatic heterocycles. The lowest BCUT2D eigenvalue weighted by Gasteiger charge is -2.14. The van der Waals surface area contributed by atoms with Crippen molar-refractivity contribution in [2.75, 3.05) is 0 Å². The lowest BCUT2D eigenvalue weighted by molar-refractivity contribution is 0.0955. The van der Waals surface area contributed by atoms with E-state index in [-0.39, 0.29) is 17.3 Å². The first-order chi connectivity index (χ1) is 19.3. The Morgan fingerprint density at radius 3 is 2.35 bits per heavy atom. The van der Waals surface area contributed by atoms with E-state index in [1.54, 1.807) is 54.2 Å². The third-order valence-electron chi connectivity index (χ3n) is 6.65. The van der Waals surface area contributed by atoms with Crippen LogP contribution in [0.5, 0.6) is 5.88 Å². The standard InChI is InChI=1S/C32H26ClN3O3S/c1-20-7-14-25(17-21(20)2)36-31(38)28-6-4-3-5-27(28)29(32(36)39)18-34-35-30(37)23-10-8-22(9-11-23)19-40-26-15-12-24(33)13-16-26/h3-18,39H,19H2,1-2H3,(H,35,37). The number of carbonyl (C=O) groups excluding carboxylic acids is 1. The lowest BCUT2D eigenvalue weighted by Crippen LogP contribution is -2.21. The highest BCUT2D eigenvalue weighted by atomic mass is 35.5. The Morgan fingerprint density at radius 2 is 1.65 bits per heavy atom. The summed E-state index contributed by atoms with van der Waals surface area (Å²) in [5, 5.41) is 17.0. The zero-order valence-electron chi connectivity index (χ0n) is 21.9. The van der Waals surface area contributed by atoms with Gasteiger partial charge in [0.1, 0.15) is 0 Å². The van der Waals surface area contributed by atoms with Crippen LogP contribution in [0.2, 0.25) is 5.02 Å². The molecule has 0 bridgehead atoms. The van der Waals surface area contributed by atoms with Gasteiger partial charge in [-0.2, -0.15) is 5.10 Å². The maximum Gasteiger partial charge on any atom is 0.271 e. The van der Waals surface area contributed by atoms with Crippen LogP contribution in [0, 0.1) is 13.8 Å². The van der Waals surface area contributed by atoms with E-state index in [4.69, 9.17) is 11.6 Å². The van der Waals surface area contributed by atoms with Gasteiger partial charge in [-0.3, -0.25) is 9.59 Å². The number of nitrogens with zero attached hydrogens (tertiary/aromatic N) is 2. The van der Waals surface area contributed by atoms with E-state index in [0.29, 0.717) is 32.6 Å². The van der Waals surface area contributed by atoms with E-state index in [1.165, 1.54) is 10.8 Å². The van der Waals surface area contributed by atoms with Gasteiger partial charge in [-0.05, 0) is 85.1 Å². The average molecular weight is 568 g/mol. The number of aromatic hydroxyl groups is 1. The van der Waals surface area contributed by atoms with Crippen LogP contribution in [0.3, 0.4) is 0 Å². The Kier molecular flexibility index (Phi) is 8.05. The molecule has 0 spiro atoms. The van der Waals surface area contributed by atoms with Crippen LogP contribution in [0.1, 0.15) is 32.6 Å². The molecule has 0 saturated carbocycles. The fraction of sp³-hybridized carbons (Fsp3) is 0.0938. The minimum Gasteiger partial charge on any atom is -0.494 e. The van der Waals surface area contributed by atoms with Gasteiger partial charge in [0.05, 0.1) is 17.5 Å². The van der Waals surface area contributed by atoms with Gasteiger partial charge in [0.2, 0.25) is 5.88 Å². The van der Waals surface area contributed by atoms with E-state index in [9.17, 15) is 14.7 Å². The molecule has 6 nitrogen and oxygen atoms in total. The molecule has 0 aliphatic carbocycles. The lowest BCUT2D eigenvalue weighted by atomic mass is 10.1. The maximum atomic E-state index is 13.3. The van der Waals surface area contributed by atoms with E-state index < -0.39 is 0 Å². The predicted molar refractivity (Wildman–Crippen MR) is 163 cm³/mol. The van der Waals surface area contributed by atoms with Gasteiger partial charge in [0, 0.05) is 32.0 Å². The molecule has 2 N–H and O–H groups in total. The SMILES string of the molecule is Cc1ccc(-n2c(O)c(C=NNC(=O)c3ccc(CSc4ccc(Cl)cc4)cc3)c3ccccc3c2=O)cc1C. The fourth-order valence-electron chi connectivity index (χ4n) is 4.26. The number of benzene rings is 4. The molecular formula is C32H26ClN3O3S. The van der Waals surface area contributed by atoms with Crippen molar-refractivity contribution in [2.24, 2.45) is 5.10 Å². The summed E-state index contributed by atoms with van der Waals surface area (Å²) in [4.78, 5) is 27.2. The Bertz CT molecular complexity index is 1800. The molecule has 0 saturated heterocycles. The second-order valence-electron chi connectivity index (χ2n) is 9.33. The first-order valence-corrected chi connectivity index (χ1v) is 13.9. The number of hydrogen-bond donors (Lipinski definition) is 2. The molecular weight excluding hydrogens is 542 g/mol. The fourth-order valence-corrected chi connectivity index (χ4v) is 5.24. The smallest absolute Gasteiger partial charge is 0.271 e. The van der Waals surface area contributed by atoms with Crippen LogP contribution in [0.25, 0.3) is 16.5 Å². The van der Waals surface area contributed by atoms with Crippen molar-refractivity contribution in [2.45, 2.75) is 24.5 Å². The van der Waals surface area contributed by atoms with Gasteiger partial charge < -0.3 is 5.11 Å². The molecule has 40 heavy (non-hydrogen) atoms. The van der Waals surface area contributed by atoms with Gasteiger partial charge in [-0.25, -0.2) is 9.99 Å². The van der Waals surface area contributed by atoms with Crippen molar-refractivity contribution in [1.29, 1.82) is 0 Å². The number of pyridine rings is 1. The molecule has 4 aromatic carbocycles. The first-order valence-electron chi connectivity index (χ1n) is 12.6. The molecule has 0 fully saturated rings. The molecule has 0 radical (unpaired) electrons. The minimum absolute atomic E-state index is 0.257. The van der Waals surface area contributed by atoms with Crippen LogP contribution in [0.4, 0.5) is 0 Å². The van der Waals surface area contributed by atoms with Gasteiger partial charge in [-0.1, -0.05) is 48.0 Å². The molecule has 5 aromatic rings. The normalized spacial score (nSPS) is 11.3. The Labute approximate surface area is 240 Å². The summed E-state index contributed by atoms with van der Waals surface area (Å²) >= 11 is 7.63. The number of thioether (sulfide) groups is 1. The highest BCUT2D eigenvalue weighted by molar-refractivity contribution is 7.98. The maximum absolute atomic E-state index is 13.3. The summed E-state index contributed by atoms with van der Waals surface area (Å²) < 4.78 is 1.26. The zero-order chi connectivity index (χ0) is 28.2. The largest absolute Gasteiger partial charge is 0.494 e. The second-order valence-corrected chi connectivity index (χ2v) is 10.8. The molecule has 0 atom stereocenters. The van der Waals surface area contributed by atoms with Crippen molar-refractivity contribution < 1.29 is 9.90 Å². The van der Waals surface area contributed by atoms with Gasteiger partial charge in [-0.15, -0.1) is 11.8 Å². The van der Waals surface area contributed by atoms with Gasteiger partial charge >= 0.3 is 0 Å². The molecule has 200 valence electrons. The number of aryl methyl sites for hydroxylation is 2. The molecule has 0 aliphatic heterocycles. The topological polar surface area (TPSA) is 83.7 Å². The second kappa shape index (κ2) is 11.8. The van der Waals surface area contributed by atoms with Crippen molar-refractivity contribution >= 4 is 46.3 Å². The van der Waals surface area contributed by atoms with Gasteiger partial charge in [0.15, 0.2) is 0 Å². The Hall–Kier alpha value is -4.33. The monoisotopic (exact) mass is 567 g/mol. The molecule has 1 amide bonds. The van der Waals surface area contributed by atoms with Crippen LogP contribution in [-0.4, -0.2) is 21.8 Å².